The lowest BCUT2D eigenvalue weighted by molar-refractivity contribution is -0.385. The number of rotatable bonds is 3. The Bertz CT molecular complexity index is 605. The van der Waals surface area contributed by atoms with E-state index in [9.17, 15) is 19.7 Å². The summed E-state index contributed by atoms with van der Waals surface area (Å²) >= 11 is 0. The van der Waals surface area contributed by atoms with Crippen LogP contribution < -0.4 is 5.32 Å². The average Bonchev–Trinajstić information content (AvgIpc) is 2.35. The van der Waals surface area contributed by atoms with Crippen molar-refractivity contribution in [3.05, 3.63) is 38.9 Å². The normalized spacial score (nSPS) is 9.30. The third-order valence-corrected chi connectivity index (χ3v) is 2.47. The lowest BCUT2D eigenvalue weighted by Crippen LogP contribution is -2.19. The molecule has 0 atom stereocenters. The molecule has 0 saturated heterocycles. The van der Waals surface area contributed by atoms with Gasteiger partial charge in [-0.05, 0) is 13.0 Å². The lowest BCUT2D eigenvalue weighted by atomic mass is 10.0. The summed E-state index contributed by atoms with van der Waals surface area (Å²) in [6.07, 6.45) is 0. The van der Waals surface area contributed by atoms with E-state index in [1.54, 1.807) is 0 Å². The Morgan fingerprint density at radius 1 is 1.45 bits per heavy atom. The number of amides is 1. The van der Waals surface area contributed by atoms with Gasteiger partial charge in [0, 0.05) is 24.1 Å². The number of benzene rings is 1. The van der Waals surface area contributed by atoms with Crippen LogP contribution in [-0.4, -0.2) is 28.5 Å². The van der Waals surface area contributed by atoms with Crippen molar-refractivity contribution in [1.29, 1.82) is 0 Å². The number of nitro benzene ring substituents is 1. The number of carbonyl (C=O) groups is 2. The first kappa shape index (κ1) is 15.2. The molecule has 0 aromatic heterocycles. The first-order valence-corrected chi connectivity index (χ1v) is 5.58. The fraction of sp³-hybridized carbons (Fsp3) is 0.231. The molecule has 0 aliphatic heterocycles. The van der Waals surface area contributed by atoms with Crippen LogP contribution in [0.3, 0.4) is 0 Å². The van der Waals surface area contributed by atoms with Crippen molar-refractivity contribution >= 4 is 17.6 Å². The van der Waals surface area contributed by atoms with Crippen molar-refractivity contribution in [2.45, 2.75) is 13.8 Å². The molecule has 0 aliphatic carbocycles. The summed E-state index contributed by atoms with van der Waals surface area (Å²) in [6.45, 7) is 2.79. The zero-order chi connectivity index (χ0) is 15.3. The van der Waals surface area contributed by atoms with Gasteiger partial charge in [0.2, 0.25) is 5.91 Å². The van der Waals surface area contributed by atoms with Crippen molar-refractivity contribution in [3.63, 3.8) is 0 Å². The standard InChI is InChI=1S/C13H12N2O5/c1-8-11(13(17)18)6-10(7-12(8)15(19)20)4-3-5-14-9(2)16/h6-7H,5H2,1-2H3,(H,14,16)(H,17,18). The first-order chi connectivity index (χ1) is 9.32. The largest absolute Gasteiger partial charge is 0.478 e. The SMILES string of the molecule is CC(=O)NCC#Cc1cc(C(=O)O)c(C)c([N+](=O)[O-])c1. The second-order valence-electron chi connectivity index (χ2n) is 3.94. The number of carboxylic acids is 1. The Labute approximate surface area is 114 Å². The molecular formula is C13H12N2O5. The van der Waals surface area contributed by atoms with Crippen LogP contribution in [0.5, 0.6) is 0 Å². The van der Waals surface area contributed by atoms with Crippen molar-refractivity contribution in [2.75, 3.05) is 6.54 Å². The summed E-state index contributed by atoms with van der Waals surface area (Å²) in [6, 6.07) is 2.48. The van der Waals surface area contributed by atoms with E-state index in [0.717, 1.165) is 0 Å². The Morgan fingerprint density at radius 2 is 2.10 bits per heavy atom. The highest BCUT2D eigenvalue weighted by molar-refractivity contribution is 5.91. The maximum atomic E-state index is 11.0. The van der Waals surface area contributed by atoms with Crippen LogP contribution in [0.15, 0.2) is 12.1 Å². The third-order valence-electron chi connectivity index (χ3n) is 2.47. The van der Waals surface area contributed by atoms with E-state index in [1.807, 2.05) is 0 Å². The topological polar surface area (TPSA) is 110 Å². The number of aromatic carboxylic acids is 1. The monoisotopic (exact) mass is 276 g/mol. The maximum absolute atomic E-state index is 11.0. The highest BCUT2D eigenvalue weighted by atomic mass is 16.6. The van der Waals surface area contributed by atoms with E-state index >= 15 is 0 Å². The number of nitro groups is 1. The van der Waals surface area contributed by atoms with Crippen LogP contribution >= 0.6 is 0 Å². The van der Waals surface area contributed by atoms with Gasteiger partial charge in [0.15, 0.2) is 0 Å². The highest BCUT2D eigenvalue weighted by Gasteiger charge is 2.19. The van der Waals surface area contributed by atoms with Gasteiger partial charge in [0.25, 0.3) is 5.69 Å². The Balaban J connectivity index is 3.18. The van der Waals surface area contributed by atoms with Crippen LogP contribution in [-0.2, 0) is 4.79 Å². The molecule has 0 fully saturated rings. The van der Waals surface area contributed by atoms with Crippen molar-refractivity contribution in [2.24, 2.45) is 0 Å². The van der Waals surface area contributed by atoms with Gasteiger partial charge in [-0.25, -0.2) is 4.79 Å². The second-order valence-corrected chi connectivity index (χ2v) is 3.94. The number of carbonyl (C=O) groups excluding carboxylic acids is 1. The van der Waals surface area contributed by atoms with Crippen molar-refractivity contribution < 1.29 is 19.6 Å². The van der Waals surface area contributed by atoms with Crippen LogP contribution in [0, 0.1) is 28.9 Å². The predicted octanol–water partition coefficient (Wildman–Crippen LogP) is 1.09. The summed E-state index contributed by atoms with van der Waals surface area (Å²) in [5, 5.41) is 22.3. The Kier molecular flexibility index (Phi) is 4.81. The molecule has 1 aromatic carbocycles. The van der Waals surface area contributed by atoms with Crippen molar-refractivity contribution in [1.82, 2.24) is 5.32 Å². The molecule has 0 heterocycles. The molecule has 0 unspecified atom stereocenters. The number of nitrogens with zero attached hydrogens (tertiary/aromatic N) is 1. The summed E-state index contributed by atoms with van der Waals surface area (Å²) in [4.78, 5) is 31.9. The molecule has 7 nitrogen and oxygen atoms in total. The summed E-state index contributed by atoms with van der Waals surface area (Å²) in [5.74, 6) is 3.67. The van der Waals surface area contributed by atoms with Crippen LogP contribution in [0.1, 0.15) is 28.4 Å². The number of hydrogen-bond acceptors (Lipinski definition) is 4. The fourth-order valence-electron chi connectivity index (χ4n) is 1.50. The molecule has 0 radical (unpaired) electrons. The molecule has 0 aliphatic rings. The molecule has 2 N–H and O–H groups in total. The quantitative estimate of drug-likeness (QED) is 0.488. The van der Waals surface area contributed by atoms with Gasteiger partial charge in [0.05, 0.1) is 17.0 Å². The Morgan fingerprint density at radius 3 is 2.60 bits per heavy atom. The van der Waals surface area contributed by atoms with E-state index < -0.39 is 10.9 Å². The zero-order valence-electron chi connectivity index (χ0n) is 10.9. The summed E-state index contributed by atoms with van der Waals surface area (Å²) in [7, 11) is 0. The van der Waals surface area contributed by atoms with Crippen LogP contribution in [0.4, 0.5) is 5.69 Å². The predicted molar refractivity (Wildman–Crippen MR) is 70.4 cm³/mol. The summed E-state index contributed by atoms with van der Waals surface area (Å²) in [5.41, 5.74) is -0.170. The average molecular weight is 276 g/mol. The minimum Gasteiger partial charge on any atom is -0.478 e. The molecule has 104 valence electrons. The lowest BCUT2D eigenvalue weighted by Gasteiger charge is -2.03. The smallest absolute Gasteiger partial charge is 0.336 e. The zero-order valence-corrected chi connectivity index (χ0v) is 10.9. The van der Waals surface area contributed by atoms with E-state index in [0.29, 0.717) is 0 Å². The van der Waals surface area contributed by atoms with Gasteiger partial charge in [-0.1, -0.05) is 11.8 Å². The molecule has 1 aromatic rings. The Hall–Kier alpha value is -2.88. The molecule has 0 saturated carbocycles. The van der Waals surface area contributed by atoms with E-state index in [2.05, 4.69) is 17.2 Å². The van der Waals surface area contributed by atoms with Crippen LogP contribution in [0.25, 0.3) is 0 Å². The third kappa shape index (κ3) is 3.81. The van der Waals surface area contributed by atoms with Gasteiger partial charge < -0.3 is 10.4 Å². The number of carboxylic acid groups (broad SMARTS) is 1. The summed E-state index contributed by atoms with van der Waals surface area (Å²) < 4.78 is 0. The molecule has 20 heavy (non-hydrogen) atoms. The maximum Gasteiger partial charge on any atom is 0.336 e. The van der Waals surface area contributed by atoms with E-state index in [1.165, 1.54) is 26.0 Å². The number of nitrogens with one attached hydrogen (secondary N) is 1. The molecule has 1 amide bonds. The van der Waals surface area contributed by atoms with Gasteiger partial charge in [0.1, 0.15) is 0 Å². The first-order valence-electron chi connectivity index (χ1n) is 5.58. The minimum absolute atomic E-state index is 0.0786. The van der Waals surface area contributed by atoms with Gasteiger partial charge in [-0.15, -0.1) is 0 Å². The van der Waals surface area contributed by atoms with Gasteiger partial charge in [-0.2, -0.15) is 0 Å². The van der Waals surface area contributed by atoms with Crippen molar-refractivity contribution in [3.8, 4) is 11.8 Å². The second kappa shape index (κ2) is 6.33. The van der Waals surface area contributed by atoms with E-state index in [4.69, 9.17) is 5.11 Å². The van der Waals surface area contributed by atoms with E-state index in [-0.39, 0.29) is 34.8 Å². The van der Waals surface area contributed by atoms with Gasteiger partial charge in [-0.3, -0.25) is 14.9 Å². The minimum atomic E-state index is -1.25. The molecule has 0 bridgehead atoms. The van der Waals surface area contributed by atoms with Gasteiger partial charge >= 0.3 is 5.97 Å². The molecule has 0 spiro atoms. The molecule has 1 rings (SSSR count). The highest BCUT2D eigenvalue weighted by Crippen LogP contribution is 2.23. The molecular weight excluding hydrogens is 264 g/mol. The molecule has 7 heteroatoms. The van der Waals surface area contributed by atoms with Crippen LogP contribution in [0.2, 0.25) is 0 Å². The fourth-order valence-corrected chi connectivity index (χ4v) is 1.50. The number of hydrogen-bond donors (Lipinski definition) is 2.